The molecule has 4 aromatic rings. The molecular formula is C20H15ClF4N6O2S. The summed E-state index contributed by atoms with van der Waals surface area (Å²) in [7, 11) is 1.23. The predicted octanol–water partition coefficient (Wildman–Crippen LogP) is 3.89. The number of aryl methyl sites for hydroxylation is 1. The number of nitrogens with zero attached hydrogens (tertiary/aromatic N) is 6. The quantitative estimate of drug-likeness (QED) is 0.305. The molecule has 0 N–H and O–H groups in total. The Morgan fingerprint density at radius 1 is 1.38 bits per heavy atom. The van der Waals surface area contributed by atoms with Crippen LogP contribution in [-0.4, -0.2) is 48.1 Å². The topological polar surface area (TPSA) is 77.6 Å². The van der Waals surface area contributed by atoms with Gasteiger partial charge in [-0.2, -0.15) is 17.6 Å². The second-order valence-corrected chi connectivity index (χ2v) is 8.73. The summed E-state index contributed by atoms with van der Waals surface area (Å²) in [6, 6.07) is 2.16. The summed E-state index contributed by atoms with van der Waals surface area (Å²) < 4.78 is 62.7. The average molecular weight is 515 g/mol. The molecule has 0 saturated carbocycles. The molecule has 1 aliphatic heterocycles. The Labute approximate surface area is 198 Å². The first-order chi connectivity index (χ1) is 16.2. The Kier molecular flexibility index (Phi) is 5.47. The van der Waals surface area contributed by atoms with E-state index in [1.807, 2.05) is 5.38 Å². The smallest absolute Gasteiger partial charge is 0.424 e. The van der Waals surface area contributed by atoms with Crippen LogP contribution in [0.15, 0.2) is 29.9 Å². The normalized spacial score (nSPS) is 16.2. The summed E-state index contributed by atoms with van der Waals surface area (Å²) in [5.41, 5.74) is 0.179. The summed E-state index contributed by atoms with van der Waals surface area (Å²) >= 11 is 7.11. The van der Waals surface area contributed by atoms with Crippen molar-refractivity contribution in [2.75, 3.05) is 13.2 Å². The highest BCUT2D eigenvalue weighted by Crippen LogP contribution is 2.41. The molecular weight excluding hydrogens is 500 g/mol. The largest absolute Gasteiger partial charge is 0.466 e. The number of carbonyl (C=O) groups is 1. The number of hydrogen-bond donors (Lipinski definition) is 0. The number of thiazole rings is 1. The fraction of sp³-hybridized carbons (Fsp3) is 0.300. The van der Waals surface area contributed by atoms with Crippen LogP contribution in [0.5, 0.6) is 5.88 Å². The van der Waals surface area contributed by atoms with Gasteiger partial charge in [-0.15, -0.1) is 16.4 Å². The maximum absolute atomic E-state index is 14.8. The van der Waals surface area contributed by atoms with Gasteiger partial charge in [0, 0.05) is 43.4 Å². The second-order valence-electron chi connectivity index (χ2n) is 7.50. The Bertz CT molecular complexity index is 1400. The van der Waals surface area contributed by atoms with E-state index in [4.69, 9.17) is 16.3 Å². The maximum atomic E-state index is 14.8. The number of imidazole rings is 1. The number of aromatic nitrogens is 5. The lowest BCUT2D eigenvalue weighted by molar-refractivity contribution is -0.141. The summed E-state index contributed by atoms with van der Waals surface area (Å²) in [4.78, 5) is 23.5. The van der Waals surface area contributed by atoms with Gasteiger partial charge in [0.25, 0.3) is 5.91 Å². The number of pyridine rings is 1. The van der Waals surface area contributed by atoms with Crippen molar-refractivity contribution >= 4 is 33.8 Å². The molecule has 0 fully saturated rings. The average Bonchev–Trinajstić information content (AvgIpc) is 3.44. The summed E-state index contributed by atoms with van der Waals surface area (Å²) in [6.07, 6.45) is -1.38. The lowest BCUT2D eigenvalue weighted by atomic mass is 9.96. The molecule has 0 bridgehead atoms. The minimum atomic E-state index is -4.83. The van der Waals surface area contributed by atoms with E-state index in [-0.39, 0.29) is 12.1 Å². The zero-order valence-electron chi connectivity index (χ0n) is 17.4. The molecule has 0 radical (unpaired) electrons. The van der Waals surface area contributed by atoms with E-state index in [0.29, 0.717) is 22.8 Å². The van der Waals surface area contributed by atoms with Crippen LogP contribution < -0.4 is 4.74 Å². The molecule has 0 spiro atoms. The molecule has 0 aromatic carbocycles. The molecule has 1 atom stereocenters. The standard InChI is InChI=1S/C20H15ClF4N6O2S/c1-29-16(21)13(20(23,24)25)18(28-29)33-9-12(32)30-6-4-11-15(31-7-8-34-19(31)27-11)14(30)10-3-2-5-26-17(10)22/h2-3,5,7-8,14H,4,6,9H2,1H3. The molecule has 0 aliphatic carbocycles. The number of hydrogen-bond acceptors (Lipinski definition) is 6. The fourth-order valence-corrected chi connectivity index (χ4v) is 5.01. The van der Waals surface area contributed by atoms with E-state index in [0.717, 1.165) is 4.68 Å². The van der Waals surface area contributed by atoms with Crippen molar-refractivity contribution in [2.24, 2.45) is 7.05 Å². The monoisotopic (exact) mass is 514 g/mol. The van der Waals surface area contributed by atoms with Crippen LogP contribution in [0.25, 0.3) is 4.96 Å². The number of amides is 1. The molecule has 1 amide bonds. The van der Waals surface area contributed by atoms with Crippen molar-refractivity contribution in [2.45, 2.75) is 18.6 Å². The van der Waals surface area contributed by atoms with Crippen LogP contribution >= 0.6 is 22.9 Å². The van der Waals surface area contributed by atoms with Crippen LogP contribution in [0.1, 0.15) is 28.6 Å². The van der Waals surface area contributed by atoms with E-state index < -0.39 is 47.3 Å². The second kappa shape index (κ2) is 8.24. The number of alkyl halides is 3. The zero-order chi connectivity index (χ0) is 24.2. The van der Waals surface area contributed by atoms with Crippen molar-refractivity contribution in [3.05, 3.63) is 63.5 Å². The van der Waals surface area contributed by atoms with Crippen molar-refractivity contribution in [3.63, 3.8) is 0 Å². The van der Waals surface area contributed by atoms with Crippen LogP contribution in [0.4, 0.5) is 17.6 Å². The van der Waals surface area contributed by atoms with Gasteiger partial charge in [-0.05, 0) is 6.07 Å². The number of carbonyl (C=O) groups excluding carboxylic acids is 1. The van der Waals surface area contributed by atoms with Gasteiger partial charge < -0.3 is 9.64 Å². The number of fused-ring (bicyclic) bond motifs is 3. The molecule has 34 heavy (non-hydrogen) atoms. The minimum absolute atomic E-state index is 0.140. The van der Waals surface area contributed by atoms with Gasteiger partial charge in [0.15, 0.2) is 17.1 Å². The van der Waals surface area contributed by atoms with E-state index >= 15 is 0 Å². The molecule has 14 heteroatoms. The van der Waals surface area contributed by atoms with Crippen LogP contribution in [0.3, 0.4) is 0 Å². The first-order valence-electron chi connectivity index (χ1n) is 9.93. The Hall–Kier alpha value is -3.19. The number of rotatable bonds is 4. The van der Waals surface area contributed by atoms with Gasteiger partial charge in [-0.25, -0.2) is 9.97 Å². The molecule has 0 saturated heterocycles. The van der Waals surface area contributed by atoms with E-state index in [2.05, 4.69) is 15.1 Å². The van der Waals surface area contributed by atoms with Crippen molar-refractivity contribution in [1.82, 2.24) is 29.0 Å². The highest BCUT2D eigenvalue weighted by Gasteiger charge is 2.42. The molecule has 4 aromatic heterocycles. The Morgan fingerprint density at radius 2 is 2.18 bits per heavy atom. The Balaban J connectivity index is 1.50. The van der Waals surface area contributed by atoms with E-state index in [1.165, 1.54) is 35.5 Å². The van der Waals surface area contributed by atoms with Crippen molar-refractivity contribution < 1.29 is 27.1 Å². The van der Waals surface area contributed by atoms with Crippen LogP contribution in [0.2, 0.25) is 5.15 Å². The first kappa shape index (κ1) is 22.6. The summed E-state index contributed by atoms with van der Waals surface area (Å²) in [5, 5.41) is 4.79. The summed E-state index contributed by atoms with van der Waals surface area (Å²) in [6.45, 7) is -0.593. The maximum Gasteiger partial charge on any atom is 0.424 e. The third kappa shape index (κ3) is 3.68. The lowest BCUT2D eigenvalue weighted by Gasteiger charge is -2.35. The van der Waals surface area contributed by atoms with Gasteiger partial charge in [-0.1, -0.05) is 17.7 Å². The number of halogens is 5. The van der Waals surface area contributed by atoms with Gasteiger partial charge >= 0.3 is 6.18 Å². The predicted molar refractivity (Wildman–Crippen MR) is 113 cm³/mol. The molecule has 1 unspecified atom stereocenters. The van der Waals surface area contributed by atoms with Gasteiger partial charge in [-0.3, -0.25) is 13.9 Å². The highest BCUT2D eigenvalue weighted by molar-refractivity contribution is 7.15. The van der Waals surface area contributed by atoms with Crippen molar-refractivity contribution in [1.29, 1.82) is 0 Å². The highest BCUT2D eigenvalue weighted by atomic mass is 35.5. The molecule has 5 rings (SSSR count). The molecule has 1 aliphatic rings. The molecule has 178 valence electrons. The van der Waals surface area contributed by atoms with Gasteiger partial charge in [0.1, 0.15) is 11.2 Å². The van der Waals surface area contributed by atoms with Gasteiger partial charge in [0.05, 0.1) is 11.4 Å². The van der Waals surface area contributed by atoms with E-state index in [1.54, 1.807) is 16.7 Å². The number of ether oxygens (including phenoxy) is 1. The fourth-order valence-electron chi connectivity index (χ4n) is 4.04. The van der Waals surface area contributed by atoms with Crippen molar-refractivity contribution in [3.8, 4) is 5.88 Å². The molecule has 8 nitrogen and oxygen atoms in total. The minimum Gasteiger partial charge on any atom is -0.466 e. The summed E-state index contributed by atoms with van der Waals surface area (Å²) in [5.74, 6) is -2.22. The van der Waals surface area contributed by atoms with E-state index in [9.17, 15) is 22.4 Å². The zero-order valence-corrected chi connectivity index (χ0v) is 19.0. The molecule has 5 heterocycles. The van der Waals surface area contributed by atoms with Gasteiger partial charge in [0.2, 0.25) is 11.8 Å². The van der Waals surface area contributed by atoms with Crippen LogP contribution in [0, 0.1) is 5.95 Å². The lowest BCUT2D eigenvalue weighted by Crippen LogP contribution is -2.43. The first-order valence-corrected chi connectivity index (χ1v) is 11.2. The third-order valence-electron chi connectivity index (χ3n) is 5.50. The Morgan fingerprint density at radius 3 is 2.91 bits per heavy atom. The SMILES string of the molecule is Cn1nc(OCC(=O)N2CCc3nc4sccn4c3C2c2cccnc2F)c(C(F)(F)F)c1Cl. The third-order valence-corrected chi connectivity index (χ3v) is 6.69. The van der Waals surface area contributed by atoms with Crippen LogP contribution in [-0.2, 0) is 24.4 Å².